The monoisotopic (exact) mass is 489 g/mol. The normalized spacial score (nSPS) is 17.5. The first-order valence-corrected chi connectivity index (χ1v) is 13.6. The molecule has 7 rings (SSSR count). The molecule has 5 aromatic heterocycles. The molecule has 2 aliphatic carbocycles. The van der Waals surface area contributed by atoms with E-state index < -0.39 is 11.2 Å². The molecule has 2 fully saturated rings. The Hall–Kier alpha value is -2.95. The maximum Gasteiger partial charge on any atom is 0.232 e. The molecule has 2 saturated carbocycles. The van der Waals surface area contributed by atoms with Gasteiger partial charge in [0.25, 0.3) is 0 Å². The summed E-state index contributed by atoms with van der Waals surface area (Å²) in [6.45, 7) is 0. The fraction of sp³-hybridized carbons (Fsp3) is 0.333. The quantitative estimate of drug-likeness (QED) is 0.359. The Labute approximate surface area is 203 Å². The summed E-state index contributed by atoms with van der Waals surface area (Å²) in [7, 11) is 1.89. The van der Waals surface area contributed by atoms with Crippen LogP contribution in [0.1, 0.15) is 38.1 Å². The molecule has 0 unspecified atom stereocenters. The summed E-state index contributed by atoms with van der Waals surface area (Å²) in [6, 6.07) is 6.61. The van der Waals surface area contributed by atoms with E-state index in [9.17, 15) is 4.55 Å². The third kappa shape index (κ3) is 3.16. The van der Waals surface area contributed by atoms with Crippen LogP contribution in [-0.4, -0.2) is 39.3 Å². The van der Waals surface area contributed by atoms with E-state index >= 15 is 0 Å². The summed E-state index contributed by atoms with van der Waals surface area (Å²) in [6.07, 6.45) is 11.0. The minimum atomic E-state index is -1.10. The Morgan fingerprint density at radius 1 is 1.21 bits per heavy atom. The first-order valence-electron chi connectivity index (χ1n) is 11.5. The number of nitrogen functional groups attached to an aromatic ring is 1. The second-order valence-corrected chi connectivity index (χ2v) is 12.1. The van der Waals surface area contributed by atoms with Gasteiger partial charge in [0.2, 0.25) is 4.21 Å². The summed E-state index contributed by atoms with van der Waals surface area (Å²) in [5, 5.41) is 11.0. The number of fused-ring (bicyclic) bond motifs is 2. The van der Waals surface area contributed by atoms with Gasteiger partial charge in [0, 0.05) is 58.7 Å². The zero-order chi connectivity index (χ0) is 23.0. The Balaban J connectivity index is 1.46. The zero-order valence-electron chi connectivity index (χ0n) is 18.6. The third-order valence-electron chi connectivity index (χ3n) is 6.81. The average molecular weight is 490 g/mol. The number of aryl methyl sites for hydroxylation is 1. The van der Waals surface area contributed by atoms with E-state index in [2.05, 4.69) is 32.0 Å². The van der Waals surface area contributed by atoms with Crippen LogP contribution in [0.2, 0.25) is 0 Å². The highest BCUT2D eigenvalue weighted by Crippen LogP contribution is 2.47. The molecule has 0 aromatic carbocycles. The summed E-state index contributed by atoms with van der Waals surface area (Å²) < 4.78 is 17.9. The molecule has 5 heterocycles. The smallest absolute Gasteiger partial charge is 0.232 e. The van der Waals surface area contributed by atoms with Crippen molar-refractivity contribution < 1.29 is 4.55 Å². The highest BCUT2D eigenvalue weighted by molar-refractivity contribution is 7.94. The van der Waals surface area contributed by atoms with Crippen LogP contribution in [0.25, 0.3) is 43.8 Å². The lowest BCUT2D eigenvalue weighted by molar-refractivity contribution is 0.478. The Bertz CT molecular complexity index is 1560. The van der Waals surface area contributed by atoms with Crippen molar-refractivity contribution in [2.45, 2.75) is 47.6 Å². The average Bonchev–Trinajstić information content (AvgIpc) is 3.23. The van der Waals surface area contributed by atoms with E-state index in [1.165, 1.54) is 11.3 Å². The van der Waals surface area contributed by atoms with Crippen LogP contribution < -0.4 is 5.73 Å². The number of rotatable bonds is 5. The molecule has 8 nitrogen and oxygen atoms in total. The SMILES string of the molecule is Cn1cc2cc(-c3cc(-c4ccnn4C4CC4)c4c(N)c([S@+]([O-])C5CCC5)sc4n3)cnc2n1. The minimum absolute atomic E-state index is 0.201. The van der Waals surface area contributed by atoms with E-state index in [0.29, 0.717) is 17.4 Å². The first kappa shape index (κ1) is 20.4. The lowest BCUT2D eigenvalue weighted by atomic mass is 10.00. The van der Waals surface area contributed by atoms with Crippen molar-refractivity contribution in [3.63, 3.8) is 0 Å². The summed E-state index contributed by atoms with van der Waals surface area (Å²) >= 11 is 0.363. The molecule has 2 N–H and O–H groups in total. The van der Waals surface area contributed by atoms with E-state index in [-0.39, 0.29) is 5.25 Å². The van der Waals surface area contributed by atoms with Gasteiger partial charge in [-0.15, -0.1) is 0 Å². The van der Waals surface area contributed by atoms with Crippen LogP contribution in [0.3, 0.4) is 0 Å². The second-order valence-electron chi connectivity index (χ2n) is 9.22. The lowest BCUT2D eigenvalue weighted by Gasteiger charge is -2.27. The molecule has 0 bridgehead atoms. The molecule has 0 saturated heterocycles. The number of hydrogen-bond acceptors (Lipinski definition) is 7. The van der Waals surface area contributed by atoms with Gasteiger partial charge in [0.05, 0.1) is 17.4 Å². The van der Waals surface area contributed by atoms with E-state index in [1.54, 1.807) is 4.68 Å². The number of nitrogens with zero attached hydrogens (tertiary/aromatic N) is 6. The highest BCUT2D eigenvalue weighted by atomic mass is 32.2. The van der Waals surface area contributed by atoms with Crippen molar-refractivity contribution in [1.82, 2.24) is 29.5 Å². The number of aromatic nitrogens is 6. The maximum atomic E-state index is 13.3. The largest absolute Gasteiger partial charge is 0.611 e. The molecule has 10 heteroatoms. The van der Waals surface area contributed by atoms with Crippen molar-refractivity contribution in [1.29, 1.82) is 0 Å². The molecule has 0 radical (unpaired) electrons. The third-order valence-corrected chi connectivity index (χ3v) is 10.1. The lowest BCUT2D eigenvalue weighted by Crippen LogP contribution is -2.28. The van der Waals surface area contributed by atoms with E-state index in [4.69, 9.17) is 10.7 Å². The first-order chi connectivity index (χ1) is 16.6. The Morgan fingerprint density at radius 3 is 2.82 bits per heavy atom. The number of nitrogens with two attached hydrogens (primary N) is 1. The molecule has 5 aromatic rings. The van der Waals surface area contributed by atoms with Gasteiger partial charge < -0.3 is 10.3 Å². The van der Waals surface area contributed by atoms with Crippen LogP contribution in [0.4, 0.5) is 5.69 Å². The van der Waals surface area contributed by atoms with Gasteiger partial charge in [-0.3, -0.25) is 9.36 Å². The summed E-state index contributed by atoms with van der Waals surface area (Å²) in [5.74, 6) is 0. The number of thiophene rings is 1. The van der Waals surface area contributed by atoms with Crippen molar-refractivity contribution in [2.75, 3.05) is 5.73 Å². The molecule has 2 aliphatic rings. The molecule has 34 heavy (non-hydrogen) atoms. The van der Waals surface area contributed by atoms with Gasteiger partial charge in [0.15, 0.2) is 5.65 Å². The molecular weight excluding hydrogens is 466 g/mol. The fourth-order valence-electron chi connectivity index (χ4n) is 4.65. The molecular formula is C24H23N7OS2. The van der Waals surface area contributed by atoms with Gasteiger partial charge >= 0.3 is 0 Å². The van der Waals surface area contributed by atoms with Gasteiger partial charge in [-0.25, -0.2) is 9.97 Å². The molecule has 0 aliphatic heterocycles. The predicted octanol–water partition coefficient (Wildman–Crippen LogP) is 4.69. The molecule has 172 valence electrons. The molecule has 0 spiro atoms. The standard InChI is InChI=1S/C24H23N7OS2/c1-30-12-14-9-13(11-26-22(14)29-30)18-10-17(19-7-8-27-31(19)15-5-6-15)20-21(25)24(33-23(20)28-18)34(32)16-3-2-4-16/h7-12,15-16H,2-6,25H2,1H3/t34-/m1/s1. The fourth-order valence-corrected chi connectivity index (χ4v) is 7.86. The highest BCUT2D eigenvalue weighted by Gasteiger charge is 2.36. The topological polar surface area (TPSA) is 110 Å². The minimum Gasteiger partial charge on any atom is -0.611 e. The number of pyridine rings is 2. The van der Waals surface area contributed by atoms with Crippen molar-refractivity contribution >= 4 is 49.5 Å². The van der Waals surface area contributed by atoms with Crippen molar-refractivity contribution in [3.05, 3.63) is 36.8 Å². The van der Waals surface area contributed by atoms with Crippen LogP contribution in [0.15, 0.2) is 41.0 Å². The summed E-state index contributed by atoms with van der Waals surface area (Å²) in [4.78, 5) is 10.3. The van der Waals surface area contributed by atoms with E-state index in [0.717, 1.165) is 74.4 Å². The predicted molar refractivity (Wildman–Crippen MR) is 135 cm³/mol. The number of hydrogen-bond donors (Lipinski definition) is 1. The van der Waals surface area contributed by atoms with Gasteiger partial charge in [0.1, 0.15) is 15.8 Å². The van der Waals surface area contributed by atoms with Gasteiger partial charge in [-0.1, -0.05) is 11.3 Å². The Kier molecular flexibility index (Phi) is 4.52. The van der Waals surface area contributed by atoms with Crippen LogP contribution in [0, 0.1) is 0 Å². The van der Waals surface area contributed by atoms with Gasteiger partial charge in [-0.2, -0.15) is 10.2 Å². The molecule has 0 amide bonds. The van der Waals surface area contributed by atoms with E-state index in [1.807, 2.05) is 31.7 Å². The Morgan fingerprint density at radius 2 is 2.06 bits per heavy atom. The van der Waals surface area contributed by atoms with Crippen molar-refractivity contribution in [3.8, 4) is 22.5 Å². The van der Waals surface area contributed by atoms with Crippen LogP contribution in [0.5, 0.6) is 0 Å². The number of anilines is 1. The zero-order valence-corrected chi connectivity index (χ0v) is 20.3. The second kappa shape index (κ2) is 7.53. The van der Waals surface area contributed by atoms with Gasteiger partial charge in [-0.05, 0) is 50.3 Å². The van der Waals surface area contributed by atoms with Crippen LogP contribution >= 0.6 is 11.3 Å². The maximum absolute atomic E-state index is 13.3. The summed E-state index contributed by atoms with van der Waals surface area (Å²) in [5.41, 5.74) is 11.7. The van der Waals surface area contributed by atoms with Crippen LogP contribution in [-0.2, 0) is 18.2 Å². The molecule has 1 atom stereocenters. The van der Waals surface area contributed by atoms with Crippen molar-refractivity contribution in [2.24, 2.45) is 7.05 Å².